The highest BCUT2D eigenvalue weighted by Gasteiger charge is 2.24. The number of aromatic nitrogens is 1. The monoisotopic (exact) mass is 310 g/mol. The fourth-order valence-corrected chi connectivity index (χ4v) is 2.71. The summed E-state index contributed by atoms with van der Waals surface area (Å²) < 4.78 is 13.7. The van der Waals surface area contributed by atoms with Crippen LogP contribution in [0.25, 0.3) is 0 Å². The van der Waals surface area contributed by atoms with Crippen LogP contribution in [0, 0.1) is 17.1 Å². The zero-order valence-corrected chi connectivity index (χ0v) is 12.4. The minimum Gasteiger partial charge on any atom is -0.367 e. The van der Waals surface area contributed by atoms with Gasteiger partial charge in [-0.25, -0.2) is 4.39 Å². The second kappa shape index (κ2) is 6.44. The highest BCUT2D eigenvalue weighted by molar-refractivity contribution is 5.94. The smallest absolute Gasteiger partial charge is 0.254 e. The van der Waals surface area contributed by atoms with E-state index < -0.39 is 5.82 Å². The number of piperazine rings is 1. The lowest BCUT2D eigenvalue weighted by atomic mass is 10.1. The molecular weight excluding hydrogens is 295 g/mol. The molecule has 0 N–H and O–H groups in total. The Bertz CT molecular complexity index is 749. The van der Waals surface area contributed by atoms with E-state index >= 15 is 0 Å². The summed E-state index contributed by atoms with van der Waals surface area (Å²) in [5.74, 6) is -0.549. The van der Waals surface area contributed by atoms with E-state index in [1.165, 1.54) is 6.07 Å². The number of pyridine rings is 1. The normalized spacial score (nSPS) is 14.4. The van der Waals surface area contributed by atoms with Crippen molar-refractivity contribution in [1.82, 2.24) is 9.88 Å². The molecule has 3 rings (SSSR count). The second-order valence-electron chi connectivity index (χ2n) is 5.26. The number of hydrogen-bond donors (Lipinski definition) is 0. The molecule has 1 aliphatic heterocycles. The third-order valence-electron chi connectivity index (χ3n) is 3.94. The van der Waals surface area contributed by atoms with Crippen LogP contribution >= 0.6 is 0 Å². The highest BCUT2D eigenvalue weighted by atomic mass is 19.1. The van der Waals surface area contributed by atoms with E-state index in [-0.39, 0.29) is 11.5 Å². The van der Waals surface area contributed by atoms with Crippen LogP contribution in [-0.4, -0.2) is 42.0 Å². The van der Waals surface area contributed by atoms with Gasteiger partial charge < -0.3 is 9.80 Å². The molecule has 1 amide bonds. The van der Waals surface area contributed by atoms with Gasteiger partial charge in [-0.05, 0) is 24.3 Å². The maximum Gasteiger partial charge on any atom is 0.254 e. The fourth-order valence-electron chi connectivity index (χ4n) is 2.71. The van der Waals surface area contributed by atoms with Gasteiger partial charge in [-0.1, -0.05) is 6.07 Å². The van der Waals surface area contributed by atoms with E-state index in [1.807, 2.05) is 11.0 Å². The first-order valence-corrected chi connectivity index (χ1v) is 7.33. The molecule has 6 heteroatoms. The van der Waals surface area contributed by atoms with E-state index in [2.05, 4.69) is 4.98 Å². The topological polar surface area (TPSA) is 60.2 Å². The predicted octanol–water partition coefficient (Wildman–Crippen LogP) is 2.05. The molecule has 0 saturated carbocycles. The summed E-state index contributed by atoms with van der Waals surface area (Å²) in [6.07, 6.45) is 3.19. The molecule has 2 aromatic rings. The SMILES string of the molecule is N#Cc1c(F)cccc1N1CCN(C(=O)c2ccncc2)CC1. The number of amides is 1. The Hall–Kier alpha value is -2.94. The summed E-state index contributed by atoms with van der Waals surface area (Å²) in [5.41, 5.74) is 1.25. The summed E-state index contributed by atoms with van der Waals surface area (Å²) in [4.78, 5) is 20.0. The van der Waals surface area contributed by atoms with Gasteiger partial charge in [0, 0.05) is 44.1 Å². The van der Waals surface area contributed by atoms with Crippen LogP contribution in [0.15, 0.2) is 42.7 Å². The first kappa shape index (κ1) is 15.0. The quantitative estimate of drug-likeness (QED) is 0.852. The highest BCUT2D eigenvalue weighted by Crippen LogP contribution is 2.24. The second-order valence-corrected chi connectivity index (χ2v) is 5.26. The van der Waals surface area contributed by atoms with Crippen molar-refractivity contribution in [3.63, 3.8) is 0 Å². The molecule has 1 aromatic heterocycles. The average Bonchev–Trinajstić information content (AvgIpc) is 2.62. The standard InChI is InChI=1S/C17H15FN4O/c18-15-2-1-3-16(14(15)12-19)21-8-10-22(11-9-21)17(23)13-4-6-20-7-5-13/h1-7H,8-11H2. The summed E-state index contributed by atoms with van der Waals surface area (Å²) in [6.45, 7) is 2.19. The third kappa shape index (κ3) is 2.99. The molecule has 1 aromatic carbocycles. The molecule has 0 bridgehead atoms. The van der Waals surface area contributed by atoms with Gasteiger partial charge in [-0.15, -0.1) is 0 Å². The Kier molecular flexibility index (Phi) is 4.20. The molecule has 23 heavy (non-hydrogen) atoms. The number of nitrogens with zero attached hydrogens (tertiary/aromatic N) is 4. The summed E-state index contributed by atoms with van der Waals surface area (Å²) >= 11 is 0. The van der Waals surface area contributed by atoms with Crippen LogP contribution in [-0.2, 0) is 0 Å². The van der Waals surface area contributed by atoms with Gasteiger partial charge in [-0.2, -0.15) is 5.26 Å². The number of nitriles is 1. The van der Waals surface area contributed by atoms with Gasteiger partial charge in [0.2, 0.25) is 0 Å². The minimum atomic E-state index is -0.514. The van der Waals surface area contributed by atoms with Crippen LogP contribution < -0.4 is 4.90 Å². The molecule has 0 atom stereocenters. The van der Waals surface area contributed by atoms with Crippen molar-refractivity contribution in [2.24, 2.45) is 0 Å². The number of carbonyl (C=O) groups is 1. The van der Waals surface area contributed by atoms with Crippen molar-refractivity contribution in [2.45, 2.75) is 0 Å². The van der Waals surface area contributed by atoms with Crippen LogP contribution in [0.2, 0.25) is 0 Å². The van der Waals surface area contributed by atoms with E-state index in [0.29, 0.717) is 37.4 Å². The molecule has 5 nitrogen and oxygen atoms in total. The minimum absolute atomic E-state index is 0.0354. The van der Waals surface area contributed by atoms with Crippen LogP contribution in [0.4, 0.5) is 10.1 Å². The van der Waals surface area contributed by atoms with Crippen molar-refractivity contribution in [3.8, 4) is 6.07 Å². The molecule has 0 aliphatic carbocycles. The lowest BCUT2D eigenvalue weighted by Gasteiger charge is -2.36. The number of anilines is 1. The molecule has 116 valence electrons. The molecule has 1 fully saturated rings. The summed E-state index contributed by atoms with van der Waals surface area (Å²) in [6, 6.07) is 9.91. The summed E-state index contributed by atoms with van der Waals surface area (Å²) in [5, 5.41) is 9.13. The van der Waals surface area contributed by atoms with Gasteiger partial charge in [-0.3, -0.25) is 9.78 Å². The zero-order valence-electron chi connectivity index (χ0n) is 12.4. The van der Waals surface area contributed by atoms with Crippen LogP contribution in [0.3, 0.4) is 0 Å². The van der Waals surface area contributed by atoms with Crippen molar-refractivity contribution >= 4 is 11.6 Å². The molecule has 1 aliphatic rings. The first-order chi connectivity index (χ1) is 11.2. The van der Waals surface area contributed by atoms with Crippen LogP contribution in [0.5, 0.6) is 0 Å². The molecule has 0 spiro atoms. The van der Waals surface area contributed by atoms with Gasteiger partial charge in [0.15, 0.2) is 0 Å². The molecular formula is C17H15FN4O. The van der Waals surface area contributed by atoms with E-state index in [0.717, 1.165) is 0 Å². The van der Waals surface area contributed by atoms with Crippen LogP contribution in [0.1, 0.15) is 15.9 Å². The maximum absolute atomic E-state index is 13.7. The Morgan fingerprint density at radius 3 is 2.48 bits per heavy atom. The van der Waals surface area contributed by atoms with Crippen molar-refractivity contribution in [2.75, 3.05) is 31.1 Å². The molecule has 2 heterocycles. The molecule has 0 radical (unpaired) electrons. The third-order valence-corrected chi connectivity index (χ3v) is 3.94. The Balaban J connectivity index is 1.71. The van der Waals surface area contributed by atoms with E-state index in [1.54, 1.807) is 41.6 Å². The van der Waals surface area contributed by atoms with E-state index in [4.69, 9.17) is 5.26 Å². The van der Waals surface area contributed by atoms with Gasteiger partial charge in [0.25, 0.3) is 5.91 Å². The Labute approximate surface area is 133 Å². The van der Waals surface area contributed by atoms with Crippen molar-refractivity contribution in [1.29, 1.82) is 5.26 Å². The number of hydrogen-bond acceptors (Lipinski definition) is 4. The Morgan fingerprint density at radius 2 is 1.83 bits per heavy atom. The lowest BCUT2D eigenvalue weighted by molar-refractivity contribution is 0.0746. The average molecular weight is 310 g/mol. The first-order valence-electron chi connectivity index (χ1n) is 7.33. The van der Waals surface area contributed by atoms with Gasteiger partial charge in [0.05, 0.1) is 5.69 Å². The Morgan fingerprint density at radius 1 is 1.13 bits per heavy atom. The van der Waals surface area contributed by atoms with Gasteiger partial charge >= 0.3 is 0 Å². The lowest BCUT2D eigenvalue weighted by Crippen LogP contribution is -2.49. The largest absolute Gasteiger partial charge is 0.367 e. The van der Waals surface area contributed by atoms with Gasteiger partial charge in [0.1, 0.15) is 17.4 Å². The summed E-state index contributed by atoms with van der Waals surface area (Å²) in [7, 11) is 0. The van der Waals surface area contributed by atoms with Crippen molar-refractivity contribution < 1.29 is 9.18 Å². The predicted molar refractivity (Wildman–Crippen MR) is 83.5 cm³/mol. The maximum atomic E-state index is 13.7. The number of halogens is 1. The molecule has 0 unspecified atom stereocenters. The zero-order chi connectivity index (χ0) is 16.2. The van der Waals surface area contributed by atoms with Crippen molar-refractivity contribution in [3.05, 3.63) is 59.7 Å². The number of benzene rings is 1. The fraction of sp³-hybridized carbons (Fsp3) is 0.235. The molecule has 1 saturated heterocycles. The number of carbonyl (C=O) groups excluding carboxylic acids is 1. The number of rotatable bonds is 2. The van der Waals surface area contributed by atoms with E-state index in [9.17, 15) is 9.18 Å².